The summed E-state index contributed by atoms with van der Waals surface area (Å²) in [7, 11) is 1.73. The number of urea groups is 1. The number of halogens is 3. The molecule has 2 aromatic heterocycles. The van der Waals surface area contributed by atoms with Crippen LogP contribution < -0.4 is 21.7 Å². The lowest BCUT2D eigenvalue weighted by Crippen LogP contribution is -2.41. The molecule has 40 heavy (non-hydrogen) atoms. The quantitative estimate of drug-likeness (QED) is 0.254. The zero-order chi connectivity index (χ0) is 28.8. The number of nitrogens with two attached hydrogens (primary N) is 1. The third-order valence-corrected chi connectivity index (χ3v) is 6.84. The first-order valence-electron chi connectivity index (χ1n) is 12.6. The molecule has 0 atom stereocenters. The minimum atomic E-state index is -4.52. The average Bonchev–Trinajstić information content (AvgIpc) is 3.66. The highest BCUT2D eigenvalue weighted by Crippen LogP contribution is 2.36. The smallest absolute Gasteiger partial charge is 0.382 e. The summed E-state index contributed by atoms with van der Waals surface area (Å²) in [5, 5.41) is 13.0. The number of hydrogen-bond donors (Lipinski definition) is 4. The van der Waals surface area contributed by atoms with E-state index in [1.807, 2.05) is 19.9 Å². The van der Waals surface area contributed by atoms with E-state index in [2.05, 4.69) is 21.0 Å². The van der Waals surface area contributed by atoms with Crippen molar-refractivity contribution < 1.29 is 22.8 Å². The van der Waals surface area contributed by atoms with Gasteiger partial charge in [0.15, 0.2) is 11.5 Å². The van der Waals surface area contributed by atoms with E-state index in [1.54, 1.807) is 36.0 Å². The van der Waals surface area contributed by atoms with Gasteiger partial charge < -0.3 is 21.7 Å². The molecule has 0 radical (unpaired) electrons. The van der Waals surface area contributed by atoms with Crippen LogP contribution in [0.2, 0.25) is 0 Å². The van der Waals surface area contributed by atoms with Gasteiger partial charge >= 0.3 is 12.2 Å². The average molecular weight is 552 g/mol. The zero-order valence-electron chi connectivity index (χ0n) is 22.1. The predicted octanol–water partition coefficient (Wildman–Crippen LogP) is 5.44. The fourth-order valence-electron chi connectivity index (χ4n) is 4.33. The summed E-state index contributed by atoms with van der Waals surface area (Å²) in [6.45, 7) is 3.64. The van der Waals surface area contributed by atoms with Crippen LogP contribution in [0.5, 0.6) is 0 Å². The van der Waals surface area contributed by atoms with Gasteiger partial charge in [0, 0.05) is 24.5 Å². The number of aromatic nitrogens is 3. The number of fused-ring (bicyclic) bond motifs is 1. The van der Waals surface area contributed by atoms with E-state index in [1.165, 1.54) is 12.1 Å². The van der Waals surface area contributed by atoms with Crippen molar-refractivity contribution in [3.63, 3.8) is 0 Å². The summed E-state index contributed by atoms with van der Waals surface area (Å²) in [6.07, 6.45) is -2.58. The molecule has 1 saturated carbocycles. The Morgan fingerprint density at radius 1 is 1.00 bits per heavy atom. The highest BCUT2D eigenvalue weighted by Gasteiger charge is 2.36. The van der Waals surface area contributed by atoms with Crippen molar-refractivity contribution >= 4 is 40.2 Å². The van der Waals surface area contributed by atoms with Gasteiger partial charge in [-0.15, -0.1) is 0 Å². The topological polar surface area (TPSA) is 127 Å². The van der Waals surface area contributed by atoms with Crippen LogP contribution in [0.15, 0.2) is 54.6 Å². The van der Waals surface area contributed by atoms with E-state index >= 15 is 0 Å². The molecule has 4 aromatic rings. The summed E-state index contributed by atoms with van der Waals surface area (Å²) in [5.74, 6) is 0.170. The molecule has 208 valence electrons. The van der Waals surface area contributed by atoms with E-state index in [0.29, 0.717) is 22.4 Å². The second kappa shape index (κ2) is 9.85. The Labute approximate surface area is 228 Å². The van der Waals surface area contributed by atoms with E-state index in [0.717, 1.165) is 36.1 Å². The van der Waals surface area contributed by atoms with Gasteiger partial charge in [-0.2, -0.15) is 18.3 Å². The van der Waals surface area contributed by atoms with Crippen LogP contribution in [0.1, 0.15) is 37.9 Å². The molecule has 1 aliphatic carbocycles. The minimum Gasteiger partial charge on any atom is -0.382 e. The van der Waals surface area contributed by atoms with E-state index in [4.69, 9.17) is 10.7 Å². The molecule has 0 saturated heterocycles. The number of rotatable bonds is 6. The highest BCUT2D eigenvalue weighted by atomic mass is 19.4. The summed E-state index contributed by atoms with van der Waals surface area (Å²) in [4.78, 5) is 30.2. The fourth-order valence-corrected chi connectivity index (χ4v) is 4.33. The number of carbonyl (C=O) groups excluding carboxylic acids is 2. The lowest BCUT2D eigenvalue weighted by molar-refractivity contribution is -0.137. The first-order valence-corrected chi connectivity index (χ1v) is 12.6. The van der Waals surface area contributed by atoms with Crippen molar-refractivity contribution in [2.75, 3.05) is 16.4 Å². The first-order chi connectivity index (χ1) is 18.8. The number of nitrogen functional groups attached to an aromatic ring is 1. The Hall–Kier alpha value is -4.61. The highest BCUT2D eigenvalue weighted by molar-refractivity contribution is 6.02. The first kappa shape index (κ1) is 27.0. The van der Waals surface area contributed by atoms with Crippen LogP contribution in [0.25, 0.3) is 22.2 Å². The van der Waals surface area contributed by atoms with Crippen LogP contribution >= 0.6 is 0 Å². The predicted molar refractivity (Wildman–Crippen MR) is 147 cm³/mol. The number of hydrogen-bond acceptors (Lipinski definition) is 5. The van der Waals surface area contributed by atoms with Crippen molar-refractivity contribution in [3.05, 3.63) is 65.9 Å². The molecule has 1 fully saturated rings. The van der Waals surface area contributed by atoms with Crippen molar-refractivity contribution in [1.29, 1.82) is 0 Å². The van der Waals surface area contributed by atoms with E-state index < -0.39 is 23.2 Å². The summed E-state index contributed by atoms with van der Waals surface area (Å²) < 4.78 is 40.5. The lowest BCUT2D eigenvalue weighted by Gasteiger charge is -2.24. The van der Waals surface area contributed by atoms with Crippen LogP contribution in [-0.4, -0.2) is 32.7 Å². The summed E-state index contributed by atoms with van der Waals surface area (Å²) in [5.41, 5.74) is 7.42. The maximum atomic E-state index is 13.0. The van der Waals surface area contributed by atoms with Crippen molar-refractivity contribution in [2.45, 2.75) is 44.3 Å². The van der Waals surface area contributed by atoms with Crippen molar-refractivity contribution in [2.24, 2.45) is 7.05 Å². The molecular weight excluding hydrogens is 523 g/mol. The number of alkyl halides is 3. The molecule has 0 spiro atoms. The van der Waals surface area contributed by atoms with Gasteiger partial charge in [-0.3, -0.25) is 4.79 Å². The molecule has 2 aromatic carbocycles. The molecule has 5 N–H and O–H groups in total. The number of amides is 3. The monoisotopic (exact) mass is 551 g/mol. The lowest BCUT2D eigenvalue weighted by atomic mass is 9.85. The third kappa shape index (κ3) is 5.42. The van der Waals surface area contributed by atoms with Gasteiger partial charge in [-0.05, 0) is 74.2 Å². The summed E-state index contributed by atoms with van der Waals surface area (Å²) in [6, 6.07) is 12.6. The number of aryl methyl sites for hydroxylation is 1. The van der Waals surface area contributed by atoms with Crippen molar-refractivity contribution in [1.82, 2.24) is 20.1 Å². The number of carbonyl (C=O) groups is 2. The third-order valence-electron chi connectivity index (χ3n) is 6.84. The van der Waals surface area contributed by atoms with Gasteiger partial charge in [0.1, 0.15) is 0 Å². The normalized spacial score (nSPS) is 13.8. The molecule has 9 nitrogen and oxygen atoms in total. The number of nitrogens with one attached hydrogen (secondary N) is 3. The second-order valence-corrected chi connectivity index (χ2v) is 10.4. The van der Waals surface area contributed by atoms with Crippen molar-refractivity contribution in [3.8, 4) is 11.1 Å². The largest absolute Gasteiger partial charge is 0.416 e. The molecule has 0 bridgehead atoms. The molecular formula is C28H28F3N7O2. The molecule has 0 unspecified atom stereocenters. The standard InChI is InChI=1S/C28H28F3N7O2/c1-27(2,25(39)33-17-11-12-17)21-14-20(22-23(32)37-38(3)24(22)36-21)15-7-9-18(10-8-15)34-26(40)35-19-6-4-5-16(13-19)28(29,30)31/h4-10,13-14,17H,11-12H2,1-3H3,(H2,32,37)(H,33,39)(H2,34,35,40). The number of nitrogens with zero attached hydrogens (tertiary/aromatic N) is 3. The zero-order valence-corrected chi connectivity index (χ0v) is 22.1. The molecule has 0 aliphatic heterocycles. The van der Waals surface area contributed by atoms with Crippen LogP contribution in [-0.2, 0) is 23.4 Å². The Kier molecular flexibility index (Phi) is 6.64. The number of anilines is 3. The molecule has 12 heteroatoms. The van der Waals surface area contributed by atoms with Gasteiger partial charge in [0.2, 0.25) is 5.91 Å². The molecule has 5 rings (SSSR count). The number of benzene rings is 2. The molecule has 1 aliphatic rings. The van der Waals surface area contributed by atoms with Crippen LogP contribution in [0, 0.1) is 0 Å². The Balaban J connectivity index is 1.41. The maximum Gasteiger partial charge on any atom is 0.416 e. The van der Waals surface area contributed by atoms with Gasteiger partial charge in [0.25, 0.3) is 0 Å². The van der Waals surface area contributed by atoms with Crippen LogP contribution in [0.4, 0.5) is 35.2 Å². The molecule has 2 heterocycles. The minimum absolute atomic E-state index is 0.0102. The van der Waals surface area contributed by atoms with Crippen LogP contribution in [0.3, 0.4) is 0 Å². The van der Waals surface area contributed by atoms with Gasteiger partial charge in [-0.25, -0.2) is 14.5 Å². The van der Waals surface area contributed by atoms with Gasteiger partial charge in [-0.1, -0.05) is 18.2 Å². The Bertz CT molecular complexity index is 1610. The molecule has 3 amide bonds. The maximum absolute atomic E-state index is 13.0. The summed E-state index contributed by atoms with van der Waals surface area (Å²) >= 11 is 0. The van der Waals surface area contributed by atoms with Gasteiger partial charge in [0.05, 0.1) is 22.1 Å². The Morgan fingerprint density at radius 3 is 2.33 bits per heavy atom. The van der Waals surface area contributed by atoms with E-state index in [-0.39, 0.29) is 23.5 Å². The second-order valence-electron chi connectivity index (χ2n) is 10.4. The fraction of sp³-hybridized carbons (Fsp3) is 0.286. The SMILES string of the molecule is Cn1nc(N)c2c(-c3ccc(NC(=O)Nc4cccc(C(F)(F)F)c4)cc3)cc(C(C)(C)C(=O)NC3CC3)nc21. The number of pyridine rings is 1. The van der Waals surface area contributed by atoms with E-state index in [9.17, 15) is 22.8 Å². The Morgan fingerprint density at radius 2 is 1.68 bits per heavy atom.